The van der Waals surface area contributed by atoms with Crippen LogP contribution >= 0.6 is 0 Å². The Labute approximate surface area is 247 Å². The molecule has 212 valence electrons. The first kappa shape index (κ1) is 27.9. The van der Waals surface area contributed by atoms with Crippen LogP contribution < -0.4 is 10.0 Å². The Morgan fingerprint density at radius 1 is 0.762 bits per heavy atom. The lowest BCUT2D eigenvalue weighted by Crippen LogP contribution is -2.35. The number of sulfonamides is 1. The molecule has 0 aromatic heterocycles. The average molecular weight is 575 g/mol. The molecule has 6 heteroatoms. The van der Waals surface area contributed by atoms with Crippen molar-refractivity contribution in [2.24, 2.45) is 17.3 Å². The second kappa shape index (κ2) is 11.2. The van der Waals surface area contributed by atoms with Gasteiger partial charge in [0.05, 0.1) is 10.9 Å². The first-order valence-electron chi connectivity index (χ1n) is 14.3. The van der Waals surface area contributed by atoms with Gasteiger partial charge in [-0.25, -0.2) is 13.1 Å². The molecule has 0 aliphatic heterocycles. The standard InChI is InChI=1S/C36H34N2O3S/c1-25(35(39)37-31-20-17-27-13-9-10-16-30(27)23-31)33-24-36(33,2)34(29-14-7-4-8-15-29)38-42(40,41)32-21-18-28(19-22-32)26-11-5-3-6-12-26/h3-23,25,33-34,38H,24H2,1-2H3,(H,37,39)/t25?,33?,34?,36-/m0/s1. The van der Waals surface area contributed by atoms with Gasteiger partial charge >= 0.3 is 0 Å². The lowest BCUT2D eigenvalue weighted by atomic mass is 9.86. The Bertz CT molecular complexity index is 1820. The van der Waals surface area contributed by atoms with Crippen molar-refractivity contribution in [1.82, 2.24) is 4.72 Å². The fourth-order valence-corrected chi connectivity index (χ4v) is 7.46. The van der Waals surface area contributed by atoms with E-state index in [2.05, 4.69) is 17.0 Å². The monoisotopic (exact) mass is 574 g/mol. The Morgan fingerprint density at radius 2 is 1.36 bits per heavy atom. The maximum absolute atomic E-state index is 13.7. The number of nitrogens with one attached hydrogen (secondary N) is 2. The van der Waals surface area contributed by atoms with E-state index in [-0.39, 0.29) is 22.6 Å². The van der Waals surface area contributed by atoms with Crippen molar-refractivity contribution in [1.29, 1.82) is 0 Å². The van der Waals surface area contributed by atoms with Crippen LogP contribution in [0.2, 0.25) is 0 Å². The number of carbonyl (C=O) groups excluding carboxylic acids is 1. The number of benzene rings is 5. The number of fused-ring (bicyclic) bond motifs is 1. The molecule has 0 heterocycles. The second-order valence-electron chi connectivity index (χ2n) is 11.5. The normalized spacial score (nSPS) is 19.6. The molecule has 4 atom stereocenters. The molecule has 0 radical (unpaired) electrons. The van der Waals surface area contributed by atoms with Crippen molar-refractivity contribution in [3.63, 3.8) is 0 Å². The molecule has 1 fully saturated rings. The summed E-state index contributed by atoms with van der Waals surface area (Å²) in [7, 11) is -3.84. The highest BCUT2D eigenvalue weighted by atomic mass is 32.2. The molecule has 2 N–H and O–H groups in total. The second-order valence-corrected chi connectivity index (χ2v) is 13.2. The third-order valence-corrected chi connectivity index (χ3v) is 10.2. The van der Waals surface area contributed by atoms with Gasteiger partial charge in [0.2, 0.25) is 15.9 Å². The van der Waals surface area contributed by atoms with Crippen LogP contribution in [0.5, 0.6) is 0 Å². The molecule has 6 rings (SSSR count). The van der Waals surface area contributed by atoms with E-state index in [1.165, 1.54) is 0 Å². The zero-order chi connectivity index (χ0) is 29.3. The van der Waals surface area contributed by atoms with Crippen LogP contribution in [0.3, 0.4) is 0 Å². The van der Waals surface area contributed by atoms with Crippen LogP contribution in [0.1, 0.15) is 31.9 Å². The number of amides is 1. The maximum Gasteiger partial charge on any atom is 0.241 e. The Kier molecular flexibility index (Phi) is 7.43. The number of anilines is 1. The molecule has 0 spiro atoms. The number of rotatable bonds is 9. The molecule has 1 aliphatic carbocycles. The third kappa shape index (κ3) is 5.60. The van der Waals surface area contributed by atoms with E-state index in [1.807, 2.05) is 122 Å². The highest BCUT2D eigenvalue weighted by molar-refractivity contribution is 7.89. The van der Waals surface area contributed by atoms with Gasteiger partial charge in [-0.2, -0.15) is 0 Å². The molecule has 1 aliphatic rings. The van der Waals surface area contributed by atoms with Crippen molar-refractivity contribution < 1.29 is 13.2 Å². The SMILES string of the molecule is CC(C(=O)Nc1ccc2ccccc2c1)C1C[C@]1(C)C(NS(=O)(=O)c1ccc(-c2ccccc2)cc1)c1ccccc1. The summed E-state index contributed by atoms with van der Waals surface area (Å²) in [6.45, 7) is 4.02. The van der Waals surface area contributed by atoms with Gasteiger partial charge in [0.1, 0.15) is 0 Å². The van der Waals surface area contributed by atoms with Crippen molar-refractivity contribution >= 4 is 32.4 Å². The Morgan fingerprint density at radius 3 is 2.05 bits per heavy atom. The van der Waals surface area contributed by atoms with E-state index < -0.39 is 21.5 Å². The van der Waals surface area contributed by atoms with Crippen LogP contribution in [0.4, 0.5) is 5.69 Å². The molecule has 0 bridgehead atoms. The molecular weight excluding hydrogens is 540 g/mol. The first-order chi connectivity index (χ1) is 20.2. The fourth-order valence-electron chi connectivity index (χ4n) is 6.11. The predicted octanol–water partition coefficient (Wildman–Crippen LogP) is 7.83. The van der Waals surface area contributed by atoms with Crippen LogP contribution in [0.25, 0.3) is 21.9 Å². The van der Waals surface area contributed by atoms with E-state index in [1.54, 1.807) is 12.1 Å². The molecule has 1 amide bonds. The van der Waals surface area contributed by atoms with Crippen molar-refractivity contribution in [3.05, 3.63) is 133 Å². The summed E-state index contributed by atoms with van der Waals surface area (Å²) in [5, 5.41) is 5.27. The van der Waals surface area contributed by atoms with E-state index >= 15 is 0 Å². The van der Waals surface area contributed by atoms with Gasteiger partial charge in [-0.05, 0) is 69.5 Å². The van der Waals surface area contributed by atoms with E-state index in [4.69, 9.17) is 0 Å². The number of hydrogen-bond acceptors (Lipinski definition) is 3. The molecular formula is C36H34N2O3S. The van der Waals surface area contributed by atoms with Gasteiger partial charge in [-0.1, -0.05) is 117 Å². The summed E-state index contributed by atoms with van der Waals surface area (Å²) >= 11 is 0. The summed E-state index contributed by atoms with van der Waals surface area (Å²) in [4.78, 5) is 13.6. The van der Waals surface area contributed by atoms with Gasteiger partial charge in [0, 0.05) is 11.6 Å². The van der Waals surface area contributed by atoms with Crippen LogP contribution in [-0.2, 0) is 14.8 Å². The average Bonchev–Trinajstić information content (AvgIpc) is 3.72. The first-order valence-corrected chi connectivity index (χ1v) is 15.8. The molecule has 3 unspecified atom stereocenters. The summed E-state index contributed by atoms with van der Waals surface area (Å²) in [5.74, 6) is -0.362. The van der Waals surface area contributed by atoms with Crippen LogP contribution in [-0.4, -0.2) is 14.3 Å². The molecule has 0 saturated heterocycles. The minimum absolute atomic E-state index is 0.00585. The van der Waals surface area contributed by atoms with E-state index in [9.17, 15) is 13.2 Å². The summed E-state index contributed by atoms with van der Waals surface area (Å²) in [6, 6.07) is 40.0. The Balaban J connectivity index is 1.22. The minimum atomic E-state index is -3.84. The molecule has 5 aromatic carbocycles. The molecule has 5 nitrogen and oxygen atoms in total. The smallest absolute Gasteiger partial charge is 0.241 e. The van der Waals surface area contributed by atoms with Gasteiger partial charge in [0.15, 0.2) is 0 Å². The maximum atomic E-state index is 13.7. The lowest BCUT2D eigenvalue weighted by molar-refractivity contribution is -0.120. The summed E-state index contributed by atoms with van der Waals surface area (Å²) in [6.07, 6.45) is 0.730. The van der Waals surface area contributed by atoms with Gasteiger partial charge in [-0.15, -0.1) is 0 Å². The molecule has 1 saturated carbocycles. The third-order valence-electron chi connectivity index (χ3n) is 8.72. The largest absolute Gasteiger partial charge is 0.326 e. The lowest BCUT2D eigenvalue weighted by Gasteiger charge is -2.28. The van der Waals surface area contributed by atoms with E-state index in [0.717, 1.165) is 39.6 Å². The van der Waals surface area contributed by atoms with Crippen LogP contribution in [0, 0.1) is 17.3 Å². The summed E-state index contributed by atoms with van der Waals surface area (Å²) in [5.41, 5.74) is 3.19. The Hall–Kier alpha value is -4.26. The molecule has 5 aromatic rings. The highest BCUT2D eigenvalue weighted by Gasteiger charge is 2.59. The number of hydrogen-bond donors (Lipinski definition) is 2. The zero-order valence-electron chi connectivity index (χ0n) is 23.7. The predicted molar refractivity (Wildman–Crippen MR) is 169 cm³/mol. The summed E-state index contributed by atoms with van der Waals surface area (Å²) < 4.78 is 30.4. The van der Waals surface area contributed by atoms with Gasteiger partial charge < -0.3 is 5.32 Å². The van der Waals surface area contributed by atoms with Crippen molar-refractivity contribution in [3.8, 4) is 11.1 Å². The zero-order valence-corrected chi connectivity index (χ0v) is 24.5. The van der Waals surface area contributed by atoms with Crippen molar-refractivity contribution in [2.75, 3.05) is 5.32 Å². The minimum Gasteiger partial charge on any atom is -0.326 e. The topological polar surface area (TPSA) is 75.3 Å². The van der Waals surface area contributed by atoms with E-state index in [0.29, 0.717) is 0 Å². The van der Waals surface area contributed by atoms with Crippen LogP contribution in [0.15, 0.2) is 132 Å². The molecule has 42 heavy (non-hydrogen) atoms. The highest BCUT2D eigenvalue weighted by Crippen LogP contribution is 2.63. The van der Waals surface area contributed by atoms with Crippen molar-refractivity contribution in [2.45, 2.75) is 31.2 Å². The quantitative estimate of drug-likeness (QED) is 0.188. The fraction of sp³-hybridized carbons (Fsp3) is 0.194. The van der Waals surface area contributed by atoms with Gasteiger partial charge in [0.25, 0.3) is 0 Å². The van der Waals surface area contributed by atoms with Gasteiger partial charge in [-0.3, -0.25) is 4.79 Å². The number of carbonyl (C=O) groups is 1.